The van der Waals surface area contributed by atoms with E-state index in [0.29, 0.717) is 5.92 Å². The van der Waals surface area contributed by atoms with Crippen molar-refractivity contribution in [2.24, 2.45) is 35.3 Å². The maximum atomic E-state index is 6.94. The zero-order chi connectivity index (χ0) is 16.5. The summed E-state index contributed by atoms with van der Waals surface area (Å²) in [5.74, 6) is 3.83. The van der Waals surface area contributed by atoms with Gasteiger partial charge in [-0.15, -0.1) is 0 Å². The van der Waals surface area contributed by atoms with Gasteiger partial charge in [-0.3, -0.25) is 0 Å². The van der Waals surface area contributed by atoms with Crippen LogP contribution in [0.2, 0.25) is 0 Å². The van der Waals surface area contributed by atoms with Crippen LogP contribution >= 0.6 is 0 Å². The van der Waals surface area contributed by atoms with Gasteiger partial charge in [0.05, 0.1) is 0 Å². The zero-order valence-corrected chi connectivity index (χ0v) is 15.9. The predicted octanol–water partition coefficient (Wildman–Crippen LogP) is 5.94. The molecule has 0 aliphatic heterocycles. The smallest absolute Gasteiger partial charge is 0.0371 e. The van der Waals surface area contributed by atoms with E-state index in [1.54, 1.807) is 5.57 Å². The van der Waals surface area contributed by atoms with Crippen molar-refractivity contribution in [2.45, 2.75) is 92.0 Å². The van der Waals surface area contributed by atoms with Gasteiger partial charge in [0.15, 0.2) is 0 Å². The molecule has 4 unspecified atom stereocenters. The molecule has 2 rings (SSSR count). The van der Waals surface area contributed by atoms with Crippen LogP contribution in [0.1, 0.15) is 86.5 Å². The highest BCUT2D eigenvalue weighted by molar-refractivity contribution is 5.31. The number of fused-ring (bicyclic) bond motifs is 2. The third kappa shape index (κ3) is 3.61. The van der Waals surface area contributed by atoms with Gasteiger partial charge in [0.2, 0.25) is 0 Å². The second-order valence-corrected chi connectivity index (χ2v) is 9.03. The minimum Gasteiger partial charge on any atom is -0.322 e. The van der Waals surface area contributed by atoms with E-state index in [4.69, 9.17) is 5.73 Å². The average molecular weight is 306 g/mol. The van der Waals surface area contributed by atoms with Crippen LogP contribution in [0.5, 0.6) is 0 Å². The van der Waals surface area contributed by atoms with E-state index in [2.05, 4.69) is 41.5 Å². The zero-order valence-electron chi connectivity index (χ0n) is 15.9. The molecule has 1 nitrogen and oxygen atoms in total. The van der Waals surface area contributed by atoms with Gasteiger partial charge < -0.3 is 5.73 Å². The molecular formula is C21H39N. The first-order chi connectivity index (χ1) is 10.2. The molecule has 2 bridgehead atoms. The van der Waals surface area contributed by atoms with Gasteiger partial charge in [-0.1, -0.05) is 58.1 Å². The molecule has 2 aliphatic carbocycles. The molecule has 0 saturated heterocycles. The summed E-state index contributed by atoms with van der Waals surface area (Å²) in [7, 11) is 0. The molecule has 22 heavy (non-hydrogen) atoms. The van der Waals surface area contributed by atoms with E-state index < -0.39 is 0 Å². The molecule has 0 heterocycles. The summed E-state index contributed by atoms with van der Waals surface area (Å²) < 4.78 is 0. The van der Waals surface area contributed by atoms with Crippen LogP contribution in [-0.2, 0) is 0 Å². The van der Waals surface area contributed by atoms with Crippen LogP contribution in [0.15, 0.2) is 11.1 Å². The lowest BCUT2D eigenvalue weighted by Gasteiger charge is -2.48. The van der Waals surface area contributed by atoms with Gasteiger partial charge in [-0.25, -0.2) is 0 Å². The maximum Gasteiger partial charge on any atom is 0.0371 e. The lowest BCUT2D eigenvalue weighted by atomic mass is 9.60. The highest BCUT2D eigenvalue weighted by Gasteiger charge is 2.44. The van der Waals surface area contributed by atoms with Gasteiger partial charge in [0.25, 0.3) is 0 Å². The van der Waals surface area contributed by atoms with Crippen molar-refractivity contribution in [3.63, 3.8) is 0 Å². The SMILES string of the molecule is CC1=C(CCC(C)C)C2CCCCC(C)[C@@H](C)C(C2)C1(C)N. The Labute approximate surface area is 139 Å². The summed E-state index contributed by atoms with van der Waals surface area (Å²) in [6, 6.07) is 0. The number of hydrogen-bond donors (Lipinski definition) is 1. The first-order valence-electron chi connectivity index (χ1n) is 9.74. The minimum absolute atomic E-state index is 0.0964. The Hall–Kier alpha value is -0.300. The van der Waals surface area contributed by atoms with Crippen LogP contribution in [0.4, 0.5) is 0 Å². The Balaban J connectivity index is 2.34. The van der Waals surface area contributed by atoms with Crippen LogP contribution in [0.25, 0.3) is 0 Å². The van der Waals surface area contributed by atoms with Crippen LogP contribution in [-0.4, -0.2) is 5.54 Å². The molecule has 128 valence electrons. The molecule has 1 fully saturated rings. The van der Waals surface area contributed by atoms with Crippen molar-refractivity contribution in [3.8, 4) is 0 Å². The molecule has 2 aliphatic rings. The van der Waals surface area contributed by atoms with Gasteiger partial charge >= 0.3 is 0 Å². The van der Waals surface area contributed by atoms with E-state index >= 15 is 0 Å². The van der Waals surface area contributed by atoms with Crippen molar-refractivity contribution in [2.75, 3.05) is 0 Å². The normalized spacial score (nSPS) is 40.4. The first-order valence-corrected chi connectivity index (χ1v) is 9.74. The largest absolute Gasteiger partial charge is 0.322 e. The van der Waals surface area contributed by atoms with E-state index in [-0.39, 0.29) is 5.54 Å². The summed E-state index contributed by atoms with van der Waals surface area (Å²) in [5.41, 5.74) is 10.1. The highest BCUT2D eigenvalue weighted by atomic mass is 14.8. The average Bonchev–Trinajstić information content (AvgIpc) is 2.50. The van der Waals surface area contributed by atoms with Crippen molar-refractivity contribution >= 4 is 0 Å². The standard InChI is InChI=1S/C21H39N/c1-14(2)11-12-19-17(5)21(6,22)20-13-18(19)10-8-7-9-15(3)16(20)4/h14-16,18,20H,7-13,22H2,1-6H3/t15?,16-,18?,20?,21?/m1/s1. The minimum atomic E-state index is -0.0964. The molecule has 1 heteroatoms. The van der Waals surface area contributed by atoms with E-state index in [1.807, 2.05) is 0 Å². The second kappa shape index (κ2) is 7.07. The number of hydrogen-bond acceptors (Lipinski definition) is 1. The Morgan fingerprint density at radius 1 is 1.18 bits per heavy atom. The summed E-state index contributed by atoms with van der Waals surface area (Å²) >= 11 is 0. The van der Waals surface area contributed by atoms with Crippen LogP contribution in [0, 0.1) is 29.6 Å². The Morgan fingerprint density at radius 2 is 1.82 bits per heavy atom. The molecule has 0 amide bonds. The second-order valence-electron chi connectivity index (χ2n) is 9.03. The lowest BCUT2D eigenvalue weighted by molar-refractivity contribution is 0.143. The highest BCUT2D eigenvalue weighted by Crippen LogP contribution is 2.49. The fourth-order valence-corrected chi connectivity index (χ4v) is 5.03. The molecule has 0 spiro atoms. The number of rotatable bonds is 3. The molecule has 0 aromatic heterocycles. The van der Waals surface area contributed by atoms with E-state index in [0.717, 1.165) is 23.7 Å². The Bertz CT molecular complexity index is 404. The summed E-state index contributed by atoms with van der Waals surface area (Å²) in [4.78, 5) is 0. The lowest BCUT2D eigenvalue weighted by Crippen LogP contribution is -2.52. The summed E-state index contributed by atoms with van der Waals surface area (Å²) in [6.45, 7) is 14.3. The third-order valence-corrected chi connectivity index (χ3v) is 7.08. The molecule has 1 saturated carbocycles. The van der Waals surface area contributed by atoms with Gasteiger partial charge in [-0.05, 0) is 69.1 Å². The topological polar surface area (TPSA) is 26.0 Å². The monoisotopic (exact) mass is 305 g/mol. The first kappa shape index (κ1) is 18.0. The number of allylic oxidation sites excluding steroid dienone is 1. The molecule has 5 atom stereocenters. The van der Waals surface area contributed by atoms with Crippen molar-refractivity contribution < 1.29 is 0 Å². The van der Waals surface area contributed by atoms with Crippen molar-refractivity contribution in [3.05, 3.63) is 11.1 Å². The molecular weight excluding hydrogens is 266 g/mol. The quantitative estimate of drug-likeness (QED) is 0.642. The van der Waals surface area contributed by atoms with Gasteiger partial charge in [0.1, 0.15) is 0 Å². The van der Waals surface area contributed by atoms with Crippen molar-refractivity contribution in [1.29, 1.82) is 0 Å². The fraction of sp³-hybridized carbons (Fsp3) is 0.905. The molecule has 0 aromatic rings. The van der Waals surface area contributed by atoms with E-state index in [9.17, 15) is 0 Å². The summed E-state index contributed by atoms with van der Waals surface area (Å²) in [5, 5.41) is 0. The molecule has 0 aromatic carbocycles. The van der Waals surface area contributed by atoms with Gasteiger partial charge in [0, 0.05) is 5.54 Å². The predicted molar refractivity (Wildman–Crippen MR) is 97.8 cm³/mol. The maximum absolute atomic E-state index is 6.94. The third-order valence-electron chi connectivity index (χ3n) is 7.08. The molecule has 0 radical (unpaired) electrons. The van der Waals surface area contributed by atoms with Crippen LogP contribution < -0.4 is 5.73 Å². The van der Waals surface area contributed by atoms with Gasteiger partial charge in [-0.2, -0.15) is 0 Å². The van der Waals surface area contributed by atoms with E-state index in [1.165, 1.54) is 50.5 Å². The number of nitrogens with two attached hydrogens (primary N) is 1. The molecule has 2 N–H and O–H groups in total. The van der Waals surface area contributed by atoms with Crippen molar-refractivity contribution in [1.82, 2.24) is 0 Å². The van der Waals surface area contributed by atoms with Crippen LogP contribution in [0.3, 0.4) is 0 Å². The summed E-state index contributed by atoms with van der Waals surface area (Å²) in [6.07, 6.45) is 9.54. The fourth-order valence-electron chi connectivity index (χ4n) is 5.03. The Morgan fingerprint density at radius 3 is 2.45 bits per heavy atom. The Kier molecular flexibility index (Phi) is 5.80.